The monoisotopic (exact) mass is 346 g/mol. The Hall–Kier alpha value is -1.12. The van der Waals surface area contributed by atoms with E-state index in [0.29, 0.717) is 10.8 Å². The van der Waals surface area contributed by atoms with Crippen molar-refractivity contribution in [1.29, 1.82) is 0 Å². The zero-order valence-electron chi connectivity index (χ0n) is 13.3. The van der Waals surface area contributed by atoms with Gasteiger partial charge in [0, 0.05) is 25.7 Å². The summed E-state index contributed by atoms with van der Waals surface area (Å²) in [6.45, 7) is 8.16. The Balaban J connectivity index is 2.06. The summed E-state index contributed by atoms with van der Waals surface area (Å²) in [6.07, 6.45) is -0.395. The highest BCUT2D eigenvalue weighted by molar-refractivity contribution is 7.91. The molecule has 0 radical (unpaired) electrons. The van der Waals surface area contributed by atoms with E-state index in [1.165, 1.54) is 15.6 Å². The molecule has 1 aliphatic heterocycles. The lowest BCUT2D eigenvalue weighted by molar-refractivity contribution is 0.00860. The van der Waals surface area contributed by atoms with Crippen molar-refractivity contribution in [1.82, 2.24) is 9.21 Å². The first-order valence-electron chi connectivity index (χ1n) is 7.14. The standard InChI is InChI=1S/C14H22N2O4S2/c1-11-10-15(22(18,19)12-6-5-9-21-12)7-8-16(11)13(17)20-14(2,3)4/h5-6,9,11H,7-8,10H2,1-4H3/t11-/m1/s1. The van der Waals surface area contributed by atoms with Crippen LogP contribution in [0.15, 0.2) is 21.7 Å². The third-order valence-electron chi connectivity index (χ3n) is 3.31. The Kier molecular flexibility index (Phi) is 4.84. The fourth-order valence-corrected chi connectivity index (χ4v) is 4.93. The predicted molar refractivity (Wildman–Crippen MR) is 85.5 cm³/mol. The van der Waals surface area contributed by atoms with Crippen LogP contribution in [0.25, 0.3) is 0 Å². The van der Waals surface area contributed by atoms with E-state index in [4.69, 9.17) is 4.74 Å². The first-order valence-corrected chi connectivity index (χ1v) is 9.46. The van der Waals surface area contributed by atoms with E-state index in [9.17, 15) is 13.2 Å². The minimum atomic E-state index is -3.46. The average Bonchev–Trinajstić information content (AvgIpc) is 2.90. The highest BCUT2D eigenvalue weighted by Gasteiger charge is 2.36. The normalized spacial score (nSPS) is 20.9. The molecule has 8 heteroatoms. The van der Waals surface area contributed by atoms with E-state index < -0.39 is 21.7 Å². The molecule has 0 N–H and O–H groups in total. The van der Waals surface area contributed by atoms with Crippen molar-refractivity contribution in [3.63, 3.8) is 0 Å². The molecule has 1 aromatic rings. The van der Waals surface area contributed by atoms with Gasteiger partial charge in [-0.1, -0.05) is 6.07 Å². The van der Waals surface area contributed by atoms with Gasteiger partial charge >= 0.3 is 6.09 Å². The minimum Gasteiger partial charge on any atom is -0.444 e. The Labute approximate surface area is 135 Å². The predicted octanol–water partition coefficient (Wildman–Crippen LogP) is 2.38. The Morgan fingerprint density at radius 3 is 2.55 bits per heavy atom. The number of thiophene rings is 1. The lowest BCUT2D eigenvalue weighted by Gasteiger charge is -2.39. The van der Waals surface area contributed by atoms with Crippen molar-refractivity contribution in [2.45, 2.75) is 43.5 Å². The van der Waals surface area contributed by atoms with Gasteiger partial charge in [-0.25, -0.2) is 13.2 Å². The number of rotatable bonds is 2. The molecule has 1 fully saturated rings. The summed E-state index contributed by atoms with van der Waals surface area (Å²) in [5.74, 6) is 0. The Morgan fingerprint density at radius 1 is 1.36 bits per heavy atom. The molecule has 0 unspecified atom stereocenters. The molecule has 1 aromatic heterocycles. The fraction of sp³-hybridized carbons (Fsp3) is 0.643. The lowest BCUT2D eigenvalue weighted by atomic mass is 10.2. The molecular formula is C14H22N2O4S2. The van der Waals surface area contributed by atoms with Gasteiger partial charge in [0.25, 0.3) is 10.0 Å². The molecule has 124 valence electrons. The van der Waals surface area contributed by atoms with Crippen molar-refractivity contribution in [3.8, 4) is 0 Å². The van der Waals surface area contributed by atoms with Crippen LogP contribution in [0.2, 0.25) is 0 Å². The molecule has 1 amide bonds. The topological polar surface area (TPSA) is 66.9 Å². The van der Waals surface area contributed by atoms with E-state index in [1.807, 2.05) is 27.7 Å². The van der Waals surface area contributed by atoms with Crippen LogP contribution in [-0.2, 0) is 14.8 Å². The molecule has 0 aromatic carbocycles. The Morgan fingerprint density at radius 2 is 2.05 bits per heavy atom. The van der Waals surface area contributed by atoms with E-state index in [0.717, 1.165) is 0 Å². The quantitative estimate of drug-likeness (QED) is 0.824. The third-order valence-corrected chi connectivity index (χ3v) is 6.55. The molecule has 2 rings (SSSR count). The van der Waals surface area contributed by atoms with Gasteiger partial charge in [-0.3, -0.25) is 0 Å². The van der Waals surface area contributed by atoms with Crippen molar-refractivity contribution in [2.75, 3.05) is 19.6 Å². The molecule has 1 atom stereocenters. The maximum atomic E-state index is 12.5. The maximum absolute atomic E-state index is 12.5. The molecule has 1 saturated heterocycles. The van der Waals surface area contributed by atoms with Crippen molar-refractivity contribution >= 4 is 27.5 Å². The van der Waals surface area contributed by atoms with E-state index >= 15 is 0 Å². The SMILES string of the molecule is C[C@@H]1CN(S(=O)(=O)c2cccs2)CCN1C(=O)OC(C)(C)C. The number of sulfonamides is 1. The third kappa shape index (κ3) is 3.80. The van der Waals surface area contributed by atoms with Crippen LogP contribution >= 0.6 is 11.3 Å². The highest BCUT2D eigenvalue weighted by Crippen LogP contribution is 2.24. The van der Waals surface area contributed by atoms with Crippen molar-refractivity contribution in [3.05, 3.63) is 17.5 Å². The van der Waals surface area contributed by atoms with Gasteiger partial charge < -0.3 is 9.64 Å². The zero-order valence-corrected chi connectivity index (χ0v) is 14.9. The number of carbonyl (C=O) groups is 1. The first kappa shape index (κ1) is 17.2. The van der Waals surface area contributed by atoms with Crippen molar-refractivity contribution < 1.29 is 17.9 Å². The molecule has 0 saturated carbocycles. The van der Waals surface area contributed by atoms with E-state index in [1.54, 1.807) is 22.4 Å². The van der Waals surface area contributed by atoms with Gasteiger partial charge in [-0.15, -0.1) is 11.3 Å². The Bertz CT molecular complexity index is 620. The largest absolute Gasteiger partial charge is 0.444 e. The molecular weight excluding hydrogens is 324 g/mol. The number of carbonyl (C=O) groups excluding carboxylic acids is 1. The fourth-order valence-electron chi connectivity index (χ4n) is 2.27. The van der Waals surface area contributed by atoms with Gasteiger partial charge in [-0.05, 0) is 39.1 Å². The van der Waals surface area contributed by atoms with Crippen LogP contribution in [-0.4, -0.2) is 55.0 Å². The number of amides is 1. The van der Waals surface area contributed by atoms with Crippen LogP contribution in [0.4, 0.5) is 4.79 Å². The molecule has 0 spiro atoms. The minimum absolute atomic E-state index is 0.224. The average molecular weight is 346 g/mol. The lowest BCUT2D eigenvalue weighted by Crippen LogP contribution is -2.56. The summed E-state index contributed by atoms with van der Waals surface area (Å²) in [7, 11) is -3.46. The number of nitrogens with zero attached hydrogens (tertiary/aromatic N) is 2. The van der Waals surface area contributed by atoms with Gasteiger partial charge in [-0.2, -0.15) is 4.31 Å². The summed E-state index contributed by atoms with van der Waals surface area (Å²) in [5, 5.41) is 1.74. The summed E-state index contributed by atoms with van der Waals surface area (Å²) < 4.78 is 32.1. The van der Waals surface area contributed by atoms with E-state index in [2.05, 4.69) is 0 Å². The molecule has 2 heterocycles. The van der Waals surface area contributed by atoms with E-state index in [-0.39, 0.29) is 19.1 Å². The summed E-state index contributed by atoms with van der Waals surface area (Å²) >= 11 is 1.20. The maximum Gasteiger partial charge on any atom is 0.410 e. The molecule has 22 heavy (non-hydrogen) atoms. The van der Waals surface area contributed by atoms with Gasteiger partial charge in [0.05, 0.1) is 0 Å². The van der Waals surface area contributed by atoms with Crippen LogP contribution in [0, 0.1) is 0 Å². The van der Waals surface area contributed by atoms with Gasteiger partial charge in [0.2, 0.25) is 0 Å². The van der Waals surface area contributed by atoms with Crippen LogP contribution < -0.4 is 0 Å². The number of ether oxygens (including phenoxy) is 1. The second-order valence-electron chi connectivity index (χ2n) is 6.32. The number of piperazine rings is 1. The molecule has 0 bridgehead atoms. The van der Waals surface area contributed by atoms with Gasteiger partial charge in [0.15, 0.2) is 0 Å². The number of hydrogen-bond acceptors (Lipinski definition) is 5. The second kappa shape index (κ2) is 6.17. The molecule has 1 aliphatic rings. The van der Waals surface area contributed by atoms with Crippen LogP contribution in [0.1, 0.15) is 27.7 Å². The van der Waals surface area contributed by atoms with Crippen molar-refractivity contribution in [2.24, 2.45) is 0 Å². The molecule has 6 nitrogen and oxygen atoms in total. The first-order chi connectivity index (χ1) is 10.1. The summed E-state index contributed by atoms with van der Waals surface area (Å²) in [6, 6.07) is 3.10. The van der Waals surface area contributed by atoms with Crippen LogP contribution in [0.5, 0.6) is 0 Å². The smallest absolute Gasteiger partial charge is 0.410 e. The summed E-state index contributed by atoms with van der Waals surface area (Å²) in [4.78, 5) is 13.7. The zero-order chi connectivity index (χ0) is 16.5. The van der Waals surface area contributed by atoms with Gasteiger partial charge in [0.1, 0.15) is 9.81 Å². The summed E-state index contributed by atoms with van der Waals surface area (Å²) in [5.41, 5.74) is -0.559. The second-order valence-corrected chi connectivity index (χ2v) is 9.43. The highest BCUT2D eigenvalue weighted by atomic mass is 32.2. The molecule has 0 aliphatic carbocycles. The number of hydrogen-bond donors (Lipinski definition) is 0. The van der Waals surface area contributed by atoms with Crippen LogP contribution in [0.3, 0.4) is 0 Å².